The van der Waals surface area contributed by atoms with Crippen molar-refractivity contribution in [3.63, 3.8) is 0 Å². The Morgan fingerprint density at radius 1 is 0.737 bits per heavy atom. The molecular weight excluding hydrogens is 236 g/mol. The van der Waals surface area contributed by atoms with E-state index in [1.807, 2.05) is 0 Å². The van der Waals surface area contributed by atoms with Gasteiger partial charge in [0.1, 0.15) is 0 Å². The second kappa shape index (κ2) is 12.9. The van der Waals surface area contributed by atoms with Crippen molar-refractivity contribution in [3.8, 4) is 0 Å². The van der Waals surface area contributed by atoms with Crippen molar-refractivity contribution in [2.24, 2.45) is 0 Å². The summed E-state index contributed by atoms with van der Waals surface area (Å²) in [6.07, 6.45) is 10.7. The fourth-order valence-corrected chi connectivity index (χ4v) is 2.40. The Morgan fingerprint density at radius 3 is 1.95 bits per heavy atom. The van der Waals surface area contributed by atoms with Crippen LogP contribution < -0.4 is 0 Å². The van der Waals surface area contributed by atoms with E-state index < -0.39 is 0 Å². The van der Waals surface area contributed by atoms with Gasteiger partial charge >= 0.3 is 0 Å². The first-order valence-electron chi connectivity index (χ1n) is 8.40. The molecule has 0 N–H and O–H groups in total. The molecule has 0 aliphatic rings. The SMILES string of the molecule is CCCCC(CCC)OCCC(C)OC(C)CCC. The number of rotatable bonds is 13. The molecule has 0 fully saturated rings. The molecule has 0 amide bonds. The van der Waals surface area contributed by atoms with Gasteiger partial charge in [-0.15, -0.1) is 0 Å². The summed E-state index contributed by atoms with van der Waals surface area (Å²) in [6, 6.07) is 0. The van der Waals surface area contributed by atoms with Crippen LogP contribution in [0.4, 0.5) is 0 Å². The van der Waals surface area contributed by atoms with Crippen LogP contribution in [-0.4, -0.2) is 24.9 Å². The Balaban J connectivity index is 3.71. The van der Waals surface area contributed by atoms with Crippen LogP contribution in [0.5, 0.6) is 0 Å². The molecule has 3 atom stereocenters. The van der Waals surface area contributed by atoms with E-state index in [1.165, 1.54) is 38.5 Å². The molecule has 0 saturated carbocycles. The summed E-state index contributed by atoms with van der Waals surface area (Å²) in [4.78, 5) is 0. The second-order valence-corrected chi connectivity index (χ2v) is 5.76. The maximum Gasteiger partial charge on any atom is 0.0575 e. The summed E-state index contributed by atoms with van der Waals surface area (Å²) in [5.74, 6) is 0. The molecule has 19 heavy (non-hydrogen) atoms. The minimum Gasteiger partial charge on any atom is -0.378 e. The third-order valence-electron chi connectivity index (χ3n) is 3.53. The Labute approximate surface area is 121 Å². The largest absolute Gasteiger partial charge is 0.378 e. The van der Waals surface area contributed by atoms with Gasteiger partial charge in [0.25, 0.3) is 0 Å². The number of ether oxygens (including phenoxy) is 2. The molecule has 0 aromatic rings. The summed E-state index contributed by atoms with van der Waals surface area (Å²) in [5, 5.41) is 0. The molecule has 0 radical (unpaired) electrons. The lowest BCUT2D eigenvalue weighted by Crippen LogP contribution is -2.21. The third kappa shape index (κ3) is 11.4. The van der Waals surface area contributed by atoms with E-state index >= 15 is 0 Å². The van der Waals surface area contributed by atoms with Crippen molar-refractivity contribution >= 4 is 0 Å². The molecule has 2 heteroatoms. The van der Waals surface area contributed by atoms with Crippen LogP contribution in [0.25, 0.3) is 0 Å². The molecule has 0 bridgehead atoms. The van der Waals surface area contributed by atoms with Gasteiger partial charge in [-0.1, -0.05) is 46.5 Å². The van der Waals surface area contributed by atoms with Crippen molar-refractivity contribution in [2.75, 3.05) is 6.61 Å². The average molecular weight is 272 g/mol. The number of unbranched alkanes of at least 4 members (excludes halogenated alkanes) is 1. The highest BCUT2D eigenvalue weighted by molar-refractivity contribution is 4.60. The van der Waals surface area contributed by atoms with Crippen molar-refractivity contribution < 1.29 is 9.47 Å². The maximum absolute atomic E-state index is 6.02. The van der Waals surface area contributed by atoms with Crippen LogP contribution in [0.1, 0.15) is 86.0 Å². The average Bonchev–Trinajstić information content (AvgIpc) is 2.36. The predicted octanol–water partition coefficient (Wildman–Crippen LogP) is 5.35. The number of hydrogen-bond donors (Lipinski definition) is 0. The normalized spacial score (nSPS) is 16.3. The minimum absolute atomic E-state index is 0.315. The monoisotopic (exact) mass is 272 g/mol. The van der Waals surface area contributed by atoms with Gasteiger partial charge in [0.15, 0.2) is 0 Å². The van der Waals surface area contributed by atoms with Crippen LogP contribution >= 0.6 is 0 Å². The van der Waals surface area contributed by atoms with Gasteiger partial charge in [-0.05, 0) is 39.5 Å². The molecule has 0 rings (SSSR count). The zero-order valence-electron chi connectivity index (χ0n) is 13.9. The molecule has 116 valence electrons. The van der Waals surface area contributed by atoms with E-state index in [0.717, 1.165) is 19.4 Å². The highest BCUT2D eigenvalue weighted by Gasteiger charge is 2.11. The molecule has 0 aliphatic carbocycles. The topological polar surface area (TPSA) is 18.5 Å². The van der Waals surface area contributed by atoms with Crippen molar-refractivity contribution in [3.05, 3.63) is 0 Å². The van der Waals surface area contributed by atoms with Gasteiger partial charge in [-0.25, -0.2) is 0 Å². The summed E-state index contributed by atoms with van der Waals surface area (Å²) in [6.45, 7) is 11.9. The maximum atomic E-state index is 6.02. The predicted molar refractivity (Wildman–Crippen MR) is 83.7 cm³/mol. The Hall–Kier alpha value is -0.0800. The van der Waals surface area contributed by atoms with E-state index in [1.54, 1.807) is 0 Å². The summed E-state index contributed by atoms with van der Waals surface area (Å²) in [5.41, 5.74) is 0. The van der Waals surface area contributed by atoms with Crippen molar-refractivity contribution in [1.82, 2.24) is 0 Å². The zero-order valence-corrected chi connectivity index (χ0v) is 13.9. The van der Waals surface area contributed by atoms with Gasteiger partial charge in [0.05, 0.1) is 18.3 Å². The lowest BCUT2D eigenvalue weighted by atomic mass is 10.1. The molecule has 2 nitrogen and oxygen atoms in total. The van der Waals surface area contributed by atoms with E-state index in [9.17, 15) is 0 Å². The Bertz CT molecular complexity index is 182. The van der Waals surface area contributed by atoms with Crippen LogP contribution in [-0.2, 0) is 9.47 Å². The fraction of sp³-hybridized carbons (Fsp3) is 1.00. The van der Waals surface area contributed by atoms with E-state index in [4.69, 9.17) is 9.47 Å². The first kappa shape index (κ1) is 18.9. The summed E-state index contributed by atoms with van der Waals surface area (Å²) >= 11 is 0. The van der Waals surface area contributed by atoms with Gasteiger partial charge in [0.2, 0.25) is 0 Å². The van der Waals surface area contributed by atoms with Gasteiger partial charge in [0, 0.05) is 6.61 Å². The van der Waals surface area contributed by atoms with Gasteiger partial charge < -0.3 is 9.47 Å². The standard InChI is InChI=1S/C17H36O2/c1-6-9-12-17(11-8-3)18-14-13-16(5)19-15(4)10-7-2/h15-17H,6-14H2,1-5H3. The van der Waals surface area contributed by atoms with Crippen molar-refractivity contribution in [2.45, 2.75) is 104 Å². The van der Waals surface area contributed by atoms with Gasteiger partial charge in [-0.3, -0.25) is 0 Å². The fourth-order valence-electron chi connectivity index (χ4n) is 2.40. The van der Waals surface area contributed by atoms with Crippen LogP contribution in [0.2, 0.25) is 0 Å². The molecule has 0 heterocycles. The van der Waals surface area contributed by atoms with E-state index in [-0.39, 0.29) is 0 Å². The first-order valence-corrected chi connectivity index (χ1v) is 8.40. The Morgan fingerprint density at radius 2 is 1.37 bits per heavy atom. The van der Waals surface area contributed by atoms with E-state index in [0.29, 0.717) is 18.3 Å². The molecular formula is C17H36O2. The van der Waals surface area contributed by atoms with E-state index in [2.05, 4.69) is 34.6 Å². The Kier molecular flexibility index (Phi) is 12.9. The first-order chi connectivity index (χ1) is 9.13. The molecule has 0 aliphatic heterocycles. The molecule has 0 saturated heterocycles. The highest BCUT2D eigenvalue weighted by atomic mass is 16.5. The summed E-state index contributed by atoms with van der Waals surface area (Å²) in [7, 11) is 0. The quantitative estimate of drug-likeness (QED) is 0.450. The lowest BCUT2D eigenvalue weighted by Gasteiger charge is -2.21. The molecule has 3 unspecified atom stereocenters. The molecule has 0 aromatic carbocycles. The lowest BCUT2D eigenvalue weighted by molar-refractivity contribution is -0.0295. The summed E-state index contributed by atoms with van der Waals surface area (Å²) < 4.78 is 12.0. The minimum atomic E-state index is 0.315. The highest BCUT2D eigenvalue weighted by Crippen LogP contribution is 2.13. The smallest absolute Gasteiger partial charge is 0.0575 e. The molecule has 0 aromatic heterocycles. The van der Waals surface area contributed by atoms with Crippen molar-refractivity contribution in [1.29, 1.82) is 0 Å². The third-order valence-corrected chi connectivity index (χ3v) is 3.53. The van der Waals surface area contributed by atoms with Gasteiger partial charge in [-0.2, -0.15) is 0 Å². The second-order valence-electron chi connectivity index (χ2n) is 5.76. The number of hydrogen-bond acceptors (Lipinski definition) is 2. The van der Waals surface area contributed by atoms with Crippen LogP contribution in [0, 0.1) is 0 Å². The van der Waals surface area contributed by atoms with Crippen LogP contribution in [0.3, 0.4) is 0 Å². The molecule has 0 spiro atoms. The zero-order chi connectivity index (χ0) is 14.5. The van der Waals surface area contributed by atoms with Crippen LogP contribution in [0.15, 0.2) is 0 Å².